The number of nitrogens with zero attached hydrogens (tertiary/aromatic N) is 2. The highest BCUT2D eigenvalue weighted by Gasteiger charge is 2.14. The molecule has 0 fully saturated rings. The Morgan fingerprint density at radius 2 is 1.88 bits per heavy atom. The lowest BCUT2D eigenvalue weighted by Gasteiger charge is -2.07. The van der Waals surface area contributed by atoms with E-state index in [1.807, 2.05) is 0 Å². The van der Waals surface area contributed by atoms with Crippen LogP contribution < -0.4 is 10.1 Å². The van der Waals surface area contributed by atoms with E-state index in [0.29, 0.717) is 28.6 Å². The highest BCUT2D eigenvalue weighted by Crippen LogP contribution is 2.21. The molecule has 0 atom stereocenters. The average Bonchev–Trinajstić information content (AvgIpc) is 3.01. The van der Waals surface area contributed by atoms with Crippen LogP contribution in [-0.4, -0.2) is 21.2 Å². The molecule has 0 spiro atoms. The van der Waals surface area contributed by atoms with Crippen molar-refractivity contribution < 1.29 is 18.7 Å². The van der Waals surface area contributed by atoms with Crippen LogP contribution in [0.25, 0.3) is 0 Å². The van der Waals surface area contributed by atoms with Crippen molar-refractivity contribution >= 4 is 17.4 Å². The van der Waals surface area contributed by atoms with Gasteiger partial charge in [-0.25, -0.2) is 9.37 Å². The Balaban J connectivity index is 1.68. The number of nitrogens with one attached hydrogen (secondary N) is 1. The van der Waals surface area contributed by atoms with E-state index in [-0.39, 0.29) is 17.5 Å². The van der Waals surface area contributed by atoms with Crippen LogP contribution in [0, 0.1) is 5.82 Å². The van der Waals surface area contributed by atoms with E-state index in [2.05, 4.69) is 10.3 Å². The number of ether oxygens (including phenoxy) is 1. The van der Waals surface area contributed by atoms with Crippen LogP contribution in [0.5, 0.6) is 11.6 Å². The number of carbonyl (C=O) groups excluding carboxylic acids is 2. The summed E-state index contributed by atoms with van der Waals surface area (Å²) in [5.74, 6) is -0.0433. The third-order valence-electron chi connectivity index (χ3n) is 3.67. The summed E-state index contributed by atoms with van der Waals surface area (Å²) in [5, 5.41) is 2.71. The average molecular weight is 353 g/mol. The van der Waals surface area contributed by atoms with Gasteiger partial charge in [-0.05, 0) is 43.3 Å². The van der Waals surface area contributed by atoms with Gasteiger partial charge in [-0.3, -0.25) is 9.59 Å². The van der Waals surface area contributed by atoms with Crippen LogP contribution >= 0.6 is 0 Å². The summed E-state index contributed by atoms with van der Waals surface area (Å²) in [6.45, 7) is 1.45. The number of Topliss-reactive ketones (excluding diaryl/α,β-unsaturated/α-hetero) is 1. The molecule has 0 aliphatic rings. The molecular formula is C19H16FN3O3. The lowest BCUT2D eigenvalue weighted by atomic mass is 10.2. The van der Waals surface area contributed by atoms with Crippen molar-refractivity contribution in [2.75, 3.05) is 5.32 Å². The first-order chi connectivity index (χ1) is 12.4. The summed E-state index contributed by atoms with van der Waals surface area (Å²) in [4.78, 5) is 27.9. The van der Waals surface area contributed by atoms with Gasteiger partial charge in [0.15, 0.2) is 5.78 Å². The van der Waals surface area contributed by atoms with Crippen LogP contribution in [0.4, 0.5) is 10.1 Å². The van der Waals surface area contributed by atoms with Crippen LogP contribution in [0.1, 0.15) is 27.8 Å². The summed E-state index contributed by atoms with van der Waals surface area (Å²) in [5.41, 5.74) is 1.31. The first-order valence-electron chi connectivity index (χ1n) is 7.80. The molecule has 3 rings (SSSR count). The van der Waals surface area contributed by atoms with Crippen molar-refractivity contribution in [2.24, 2.45) is 7.05 Å². The molecule has 2 aromatic heterocycles. The lowest BCUT2D eigenvalue weighted by molar-refractivity contribution is 0.101. The van der Waals surface area contributed by atoms with E-state index < -0.39 is 0 Å². The van der Waals surface area contributed by atoms with Gasteiger partial charge in [-0.2, -0.15) is 0 Å². The summed E-state index contributed by atoms with van der Waals surface area (Å²) in [6, 6.07) is 10.3. The maximum atomic E-state index is 12.9. The van der Waals surface area contributed by atoms with Crippen LogP contribution in [0.15, 0.2) is 54.9 Å². The largest absolute Gasteiger partial charge is 0.439 e. The molecule has 3 aromatic rings. The van der Waals surface area contributed by atoms with Gasteiger partial charge >= 0.3 is 0 Å². The fourth-order valence-corrected chi connectivity index (χ4v) is 2.32. The number of anilines is 1. The molecular weight excluding hydrogens is 337 g/mol. The molecule has 0 aliphatic carbocycles. The Morgan fingerprint density at radius 1 is 1.15 bits per heavy atom. The minimum absolute atomic E-state index is 0.108. The van der Waals surface area contributed by atoms with Crippen molar-refractivity contribution in [1.82, 2.24) is 9.55 Å². The first kappa shape index (κ1) is 17.3. The van der Waals surface area contributed by atoms with E-state index in [1.54, 1.807) is 29.9 Å². The molecule has 2 heterocycles. The van der Waals surface area contributed by atoms with Gasteiger partial charge in [0.1, 0.15) is 17.3 Å². The summed E-state index contributed by atoms with van der Waals surface area (Å²) in [7, 11) is 1.69. The van der Waals surface area contributed by atoms with Crippen molar-refractivity contribution in [3.8, 4) is 11.6 Å². The topological polar surface area (TPSA) is 73.2 Å². The monoisotopic (exact) mass is 353 g/mol. The smallest absolute Gasteiger partial charge is 0.272 e. The zero-order valence-electron chi connectivity index (χ0n) is 14.2. The highest BCUT2D eigenvalue weighted by atomic mass is 19.1. The van der Waals surface area contributed by atoms with E-state index >= 15 is 0 Å². The molecule has 26 heavy (non-hydrogen) atoms. The molecule has 7 heteroatoms. The van der Waals surface area contributed by atoms with Gasteiger partial charge in [-0.15, -0.1) is 0 Å². The fraction of sp³-hybridized carbons (Fsp3) is 0.105. The number of hydrogen-bond acceptors (Lipinski definition) is 4. The molecule has 0 unspecified atom stereocenters. The third kappa shape index (κ3) is 3.94. The lowest BCUT2D eigenvalue weighted by Crippen LogP contribution is -2.15. The Bertz CT molecular complexity index is 947. The zero-order chi connectivity index (χ0) is 18.7. The van der Waals surface area contributed by atoms with Gasteiger partial charge in [0.2, 0.25) is 5.88 Å². The maximum Gasteiger partial charge on any atom is 0.272 e. The van der Waals surface area contributed by atoms with E-state index in [4.69, 9.17) is 4.74 Å². The number of benzene rings is 1. The molecule has 0 radical (unpaired) electrons. The van der Waals surface area contributed by atoms with Gasteiger partial charge in [0, 0.05) is 24.9 Å². The molecule has 0 aliphatic heterocycles. The summed E-state index contributed by atoms with van der Waals surface area (Å²) < 4.78 is 20.0. The second-order valence-electron chi connectivity index (χ2n) is 5.68. The quantitative estimate of drug-likeness (QED) is 0.708. The van der Waals surface area contributed by atoms with Crippen molar-refractivity contribution in [1.29, 1.82) is 0 Å². The predicted molar refractivity (Wildman–Crippen MR) is 94.1 cm³/mol. The molecule has 6 nitrogen and oxygen atoms in total. The SMILES string of the molecule is CC(=O)c1cc(C(=O)Nc2ccc(Oc3ccc(F)cc3)nc2)n(C)c1. The molecule has 1 aromatic carbocycles. The number of carbonyl (C=O) groups is 2. The summed E-state index contributed by atoms with van der Waals surface area (Å²) >= 11 is 0. The number of ketones is 1. The van der Waals surface area contributed by atoms with Crippen LogP contribution in [0.2, 0.25) is 0 Å². The van der Waals surface area contributed by atoms with Crippen LogP contribution in [0.3, 0.4) is 0 Å². The van der Waals surface area contributed by atoms with E-state index in [1.165, 1.54) is 43.5 Å². The van der Waals surface area contributed by atoms with Gasteiger partial charge in [-0.1, -0.05) is 0 Å². The van der Waals surface area contributed by atoms with Crippen molar-refractivity contribution in [3.05, 3.63) is 71.9 Å². The number of aromatic nitrogens is 2. The minimum Gasteiger partial charge on any atom is -0.439 e. The molecule has 1 N–H and O–H groups in total. The Labute approximate surface area is 149 Å². The molecule has 1 amide bonds. The number of hydrogen-bond donors (Lipinski definition) is 1. The van der Waals surface area contributed by atoms with Crippen molar-refractivity contribution in [3.63, 3.8) is 0 Å². The Kier molecular flexibility index (Phi) is 4.79. The summed E-state index contributed by atoms with van der Waals surface area (Å²) in [6.07, 6.45) is 3.06. The standard InChI is InChI=1S/C19H16FN3O3/c1-12(24)13-9-17(23(2)11-13)19(25)22-15-5-8-18(21-10-15)26-16-6-3-14(20)4-7-16/h3-11H,1-2H3,(H,22,25). The van der Waals surface area contributed by atoms with Gasteiger partial charge < -0.3 is 14.6 Å². The normalized spacial score (nSPS) is 10.4. The second kappa shape index (κ2) is 7.18. The van der Waals surface area contributed by atoms with Gasteiger partial charge in [0.25, 0.3) is 5.91 Å². The molecule has 0 bridgehead atoms. The number of halogens is 1. The van der Waals surface area contributed by atoms with Crippen molar-refractivity contribution in [2.45, 2.75) is 6.92 Å². The van der Waals surface area contributed by atoms with E-state index in [0.717, 1.165) is 0 Å². The number of amides is 1. The first-order valence-corrected chi connectivity index (χ1v) is 7.80. The van der Waals surface area contributed by atoms with Gasteiger partial charge in [0.05, 0.1) is 11.9 Å². The molecule has 0 saturated heterocycles. The van der Waals surface area contributed by atoms with Crippen LogP contribution in [-0.2, 0) is 7.05 Å². The number of rotatable bonds is 5. The van der Waals surface area contributed by atoms with E-state index in [9.17, 15) is 14.0 Å². The molecule has 0 saturated carbocycles. The maximum absolute atomic E-state index is 12.9. The fourth-order valence-electron chi connectivity index (χ4n) is 2.32. The highest BCUT2D eigenvalue weighted by molar-refractivity contribution is 6.05. The minimum atomic E-state index is -0.353. The number of aryl methyl sites for hydroxylation is 1. The molecule has 132 valence electrons. The number of pyridine rings is 1. The third-order valence-corrected chi connectivity index (χ3v) is 3.67. The Morgan fingerprint density at radius 3 is 2.46 bits per heavy atom. The Hall–Kier alpha value is -3.48. The second-order valence-corrected chi connectivity index (χ2v) is 5.68. The predicted octanol–water partition coefficient (Wildman–Crippen LogP) is 3.81. The zero-order valence-corrected chi connectivity index (χ0v) is 14.2.